The molecule has 0 saturated heterocycles. The Kier molecular flexibility index (Phi) is 11.5. The number of halogens is 2. The van der Waals surface area contributed by atoms with Crippen LogP contribution in [0.3, 0.4) is 0 Å². The number of fused-ring (bicyclic) bond motifs is 8. The van der Waals surface area contributed by atoms with Crippen molar-refractivity contribution >= 4 is 65.8 Å². The zero-order valence-corrected chi connectivity index (χ0v) is 37.7. The van der Waals surface area contributed by atoms with E-state index in [0.717, 1.165) is 89.4 Å². The Morgan fingerprint density at radius 2 is 0.508 bits per heavy atom. The third-order valence-corrected chi connectivity index (χ3v) is 11.5. The number of aromatic nitrogens is 4. The van der Waals surface area contributed by atoms with Crippen molar-refractivity contribution in [1.29, 1.82) is 0 Å². The van der Waals surface area contributed by atoms with E-state index in [9.17, 15) is 0 Å². The Morgan fingerprint density at radius 3 is 0.695 bits per heavy atom. The third-order valence-electron chi connectivity index (χ3n) is 11.5. The molecule has 4 nitrogen and oxygen atoms in total. The van der Waals surface area contributed by atoms with Crippen molar-refractivity contribution in [3.63, 3.8) is 0 Å². The van der Waals surface area contributed by atoms with Gasteiger partial charge in [0.15, 0.2) is 0 Å². The van der Waals surface area contributed by atoms with Crippen molar-refractivity contribution < 1.29 is 15.1 Å². The van der Waals surface area contributed by atoms with E-state index in [1.165, 1.54) is 44.5 Å². The van der Waals surface area contributed by atoms with Crippen molar-refractivity contribution in [1.82, 2.24) is 19.9 Å². The van der Waals surface area contributed by atoms with E-state index in [1.54, 1.807) is 0 Å². The molecular weight excluding hydrogens is 853 g/mol. The summed E-state index contributed by atoms with van der Waals surface area (Å²) in [6.07, 6.45) is 8.65. The van der Waals surface area contributed by atoms with Crippen LogP contribution in [0.5, 0.6) is 0 Å². The molecule has 4 aromatic carbocycles. The standard InChI is InChI=1S/C52H44N4.2ClH.Ru/c1-29-13-9-14-30(2)45(29)49-37-21-23-39(53-37)50(46-31(3)15-10-16-32(46)4)41-25-27-43(55-41)52(48-35(7)19-12-20-36(48)8)44-28-26-42(56-44)51(40-24-22-38(49)54-40)47-33(5)17-11-18-34(47)6;;;/h9-28H,1-8H3;2*1H;/q-2;;;+4/p-2. The molecule has 0 saturated carbocycles. The second-order valence-corrected chi connectivity index (χ2v) is 18.1. The molecule has 2 aliphatic heterocycles. The molecule has 59 heavy (non-hydrogen) atoms. The van der Waals surface area contributed by atoms with Gasteiger partial charge in [-0.05, 0) is 169 Å². The molecule has 294 valence electrons. The molecule has 7 heteroatoms. The van der Waals surface area contributed by atoms with Gasteiger partial charge in [-0.1, -0.05) is 97.1 Å². The van der Waals surface area contributed by atoms with E-state index in [-0.39, 0.29) is 15.1 Å². The van der Waals surface area contributed by atoms with Crippen molar-refractivity contribution in [2.24, 2.45) is 0 Å². The minimum atomic E-state index is -0.346. The zero-order chi connectivity index (χ0) is 41.5. The Hall–Kier alpha value is -5.32. The van der Waals surface area contributed by atoms with E-state index in [0.29, 0.717) is 0 Å². The zero-order valence-electron chi connectivity index (χ0n) is 34.4. The SMILES string of the molecule is Cc1cccc(C)c1-c1c2nc(c(-c3c(C)cccc3C)c3ccc([n-]3)c(-c3c(C)cccc3C)c3nc(c(-c4c(C)cccc4C)c4ccc1[n-]4)C=C3)C=C2.[Cl][Ru+2][Cl]. The van der Waals surface area contributed by atoms with E-state index < -0.39 is 0 Å². The predicted molar refractivity (Wildman–Crippen MR) is 248 cm³/mol. The molecule has 0 amide bonds. The van der Waals surface area contributed by atoms with Crippen LogP contribution in [0.25, 0.3) is 90.9 Å². The fourth-order valence-electron chi connectivity index (χ4n) is 8.95. The first kappa shape index (κ1) is 40.5. The van der Waals surface area contributed by atoms with Gasteiger partial charge in [-0.15, -0.1) is 22.1 Å². The molecule has 5 heterocycles. The number of benzene rings is 4. The van der Waals surface area contributed by atoms with E-state index >= 15 is 0 Å². The van der Waals surface area contributed by atoms with Crippen molar-refractivity contribution in [2.45, 2.75) is 55.4 Å². The molecule has 2 aliphatic rings. The fraction of sp³-hybridized carbons (Fsp3) is 0.154. The number of hydrogen-bond acceptors (Lipinski definition) is 2. The van der Waals surface area contributed by atoms with Crippen LogP contribution in [0.15, 0.2) is 97.1 Å². The van der Waals surface area contributed by atoms with E-state index in [2.05, 4.69) is 177 Å². The van der Waals surface area contributed by atoms with Crippen LogP contribution in [0.2, 0.25) is 0 Å². The maximum absolute atomic E-state index is 5.53. The van der Waals surface area contributed by atoms with Gasteiger partial charge in [0.2, 0.25) is 0 Å². The van der Waals surface area contributed by atoms with Gasteiger partial charge in [0, 0.05) is 0 Å². The molecule has 7 aromatic rings. The number of aryl methyl sites for hydroxylation is 8. The molecule has 9 rings (SSSR count). The molecule has 0 radical (unpaired) electrons. The van der Waals surface area contributed by atoms with Crippen molar-refractivity contribution in [2.75, 3.05) is 0 Å². The van der Waals surface area contributed by atoms with Crippen LogP contribution in [-0.4, -0.2) is 9.97 Å². The quantitative estimate of drug-likeness (QED) is 0.165. The summed E-state index contributed by atoms with van der Waals surface area (Å²) in [5, 5.41) is 0. The molecule has 0 aliphatic carbocycles. The minimum absolute atomic E-state index is 0.346. The number of nitrogens with zero attached hydrogens (tertiary/aromatic N) is 4. The van der Waals surface area contributed by atoms with E-state index in [4.69, 9.17) is 39.3 Å². The Morgan fingerprint density at radius 1 is 0.322 bits per heavy atom. The number of hydrogen-bond donors (Lipinski definition) is 0. The summed E-state index contributed by atoms with van der Waals surface area (Å²) in [7, 11) is 9.71. The molecular formula is C52H44Cl2N4Ru. The first-order valence-corrected chi connectivity index (χ1v) is 24.2. The fourth-order valence-corrected chi connectivity index (χ4v) is 8.95. The second kappa shape index (κ2) is 16.7. The second-order valence-electron chi connectivity index (χ2n) is 15.5. The molecule has 0 unspecified atom stereocenters. The molecule has 3 aromatic heterocycles. The summed E-state index contributed by atoms with van der Waals surface area (Å²) in [5.41, 5.74) is 25.2. The first-order valence-electron chi connectivity index (χ1n) is 19.7. The van der Waals surface area contributed by atoms with Gasteiger partial charge < -0.3 is 9.97 Å². The predicted octanol–water partition coefficient (Wildman–Crippen LogP) is 14.4. The molecule has 0 atom stereocenters. The van der Waals surface area contributed by atoms with Crippen LogP contribution >= 0.6 is 19.4 Å². The van der Waals surface area contributed by atoms with Gasteiger partial charge in [0.05, 0.1) is 22.8 Å². The molecule has 8 bridgehead atoms. The van der Waals surface area contributed by atoms with Crippen LogP contribution < -0.4 is 9.97 Å². The monoisotopic (exact) mass is 896 g/mol. The Balaban J connectivity index is 0.00000157. The van der Waals surface area contributed by atoms with Gasteiger partial charge in [-0.25, -0.2) is 9.97 Å². The molecule has 0 fully saturated rings. The van der Waals surface area contributed by atoms with Crippen molar-refractivity contribution in [3.8, 4) is 44.5 Å². The molecule has 0 N–H and O–H groups in total. The third kappa shape index (κ3) is 7.46. The summed E-state index contributed by atoms with van der Waals surface area (Å²) < 4.78 is 0. The van der Waals surface area contributed by atoms with E-state index in [1.807, 2.05) is 0 Å². The Labute approximate surface area is 362 Å². The van der Waals surface area contributed by atoms with Crippen molar-refractivity contribution in [3.05, 3.63) is 164 Å². The average Bonchev–Trinajstić information content (AvgIpc) is 4.04. The summed E-state index contributed by atoms with van der Waals surface area (Å²) in [4.78, 5) is 22.1. The van der Waals surface area contributed by atoms with Crippen LogP contribution in [0.4, 0.5) is 0 Å². The van der Waals surface area contributed by atoms with Gasteiger partial charge in [0.1, 0.15) is 0 Å². The van der Waals surface area contributed by atoms with Gasteiger partial charge in [-0.3, -0.25) is 0 Å². The molecule has 0 spiro atoms. The summed E-state index contributed by atoms with van der Waals surface area (Å²) >= 11 is -0.346. The first-order chi connectivity index (χ1) is 28.5. The van der Waals surface area contributed by atoms with Gasteiger partial charge in [-0.2, -0.15) is 0 Å². The summed E-state index contributed by atoms with van der Waals surface area (Å²) in [6, 6.07) is 34.6. The summed E-state index contributed by atoms with van der Waals surface area (Å²) in [6.45, 7) is 17.4. The average molecular weight is 897 g/mol. The topological polar surface area (TPSA) is 54.0 Å². The van der Waals surface area contributed by atoms with Crippen LogP contribution in [0, 0.1) is 55.4 Å². The van der Waals surface area contributed by atoms with Gasteiger partial charge in [0.25, 0.3) is 0 Å². The normalized spacial score (nSPS) is 11.8. The van der Waals surface area contributed by atoms with Crippen LogP contribution in [0.1, 0.15) is 67.3 Å². The Bertz CT molecular complexity index is 2560. The van der Waals surface area contributed by atoms with Crippen LogP contribution in [-0.2, 0) is 15.1 Å². The maximum atomic E-state index is 5.53. The number of rotatable bonds is 4. The summed E-state index contributed by atoms with van der Waals surface area (Å²) in [5.74, 6) is 0. The van der Waals surface area contributed by atoms with Gasteiger partial charge >= 0.3 is 34.5 Å².